The van der Waals surface area contributed by atoms with Crippen molar-refractivity contribution in [3.05, 3.63) is 0 Å². The fourth-order valence-corrected chi connectivity index (χ4v) is 2.04. The van der Waals surface area contributed by atoms with Gasteiger partial charge in [-0.3, -0.25) is 0 Å². The van der Waals surface area contributed by atoms with E-state index < -0.39 is 17.2 Å². The molecule has 5 nitrogen and oxygen atoms in total. The lowest BCUT2D eigenvalue weighted by Gasteiger charge is -2.38. The van der Waals surface area contributed by atoms with Crippen molar-refractivity contribution in [2.75, 3.05) is 6.61 Å². The maximum atomic E-state index is 11.7. The Morgan fingerprint density at radius 2 is 2.00 bits per heavy atom. The number of amides is 1. The van der Waals surface area contributed by atoms with Crippen molar-refractivity contribution < 1.29 is 14.6 Å². The van der Waals surface area contributed by atoms with Gasteiger partial charge in [-0.1, -0.05) is 0 Å². The number of hydrogen-bond acceptors (Lipinski definition) is 4. The Bertz CT molecular complexity index is 265. The monoisotopic (exact) mass is 244 g/mol. The summed E-state index contributed by atoms with van der Waals surface area (Å²) in [4.78, 5) is 11.7. The van der Waals surface area contributed by atoms with E-state index in [0.717, 1.165) is 12.8 Å². The van der Waals surface area contributed by atoms with Crippen LogP contribution in [0.1, 0.15) is 46.5 Å². The van der Waals surface area contributed by atoms with Gasteiger partial charge in [-0.05, 0) is 46.5 Å². The lowest BCUT2D eigenvalue weighted by atomic mass is 9.80. The van der Waals surface area contributed by atoms with E-state index in [9.17, 15) is 9.90 Å². The summed E-state index contributed by atoms with van der Waals surface area (Å²) in [6, 6.07) is 0.176. The molecule has 0 radical (unpaired) electrons. The zero-order chi connectivity index (χ0) is 13.1. The largest absolute Gasteiger partial charge is 0.444 e. The first-order valence-electron chi connectivity index (χ1n) is 6.14. The highest BCUT2D eigenvalue weighted by Gasteiger charge is 2.36. The summed E-state index contributed by atoms with van der Waals surface area (Å²) in [5.74, 6) is 0. The summed E-state index contributed by atoms with van der Waals surface area (Å²) in [6.07, 6.45) is 2.56. The van der Waals surface area contributed by atoms with E-state index in [1.165, 1.54) is 0 Å². The van der Waals surface area contributed by atoms with Crippen LogP contribution in [0.15, 0.2) is 0 Å². The van der Waals surface area contributed by atoms with Gasteiger partial charge < -0.3 is 20.9 Å². The van der Waals surface area contributed by atoms with Crippen LogP contribution in [0.4, 0.5) is 4.79 Å². The van der Waals surface area contributed by atoms with Crippen LogP contribution in [0.3, 0.4) is 0 Å². The predicted molar refractivity (Wildman–Crippen MR) is 65.6 cm³/mol. The molecule has 0 atom stereocenters. The van der Waals surface area contributed by atoms with Crippen molar-refractivity contribution in [2.24, 2.45) is 5.73 Å². The number of rotatable bonds is 2. The van der Waals surface area contributed by atoms with Crippen molar-refractivity contribution in [2.45, 2.75) is 63.6 Å². The summed E-state index contributed by atoms with van der Waals surface area (Å²) in [5.41, 5.74) is 4.74. The third-order valence-corrected chi connectivity index (χ3v) is 3.06. The van der Waals surface area contributed by atoms with Gasteiger partial charge in [0, 0.05) is 6.04 Å². The van der Waals surface area contributed by atoms with Crippen molar-refractivity contribution in [1.29, 1.82) is 0 Å². The standard InChI is InChI=1S/C12H24N2O3/c1-11(2,3)17-10(16)14-12(8-15)6-4-9(13)5-7-12/h9,15H,4-8,13H2,1-3H3,(H,14,16)/t9-,12-. The third kappa shape index (κ3) is 4.52. The zero-order valence-corrected chi connectivity index (χ0v) is 11.0. The van der Waals surface area contributed by atoms with E-state index in [0.29, 0.717) is 12.8 Å². The lowest BCUT2D eigenvalue weighted by Crippen LogP contribution is -2.55. The maximum Gasteiger partial charge on any atom is 0.408 e. The van der Waals surface area contributed by atoms with Crippen LogP contribution in [0, 0.1) is 0 Å². The summed E-state index contributed by atoms with van der Waals surface area (Å²) in [5, 5.41) is 12.3. The normalized spacial score (nSPS) is 29.8. The molecule has 5 heteroatoms. The first-order chi connectivity index (χ1) is 7.76. The number of carbonyl (C=O) groups is 1. The second-order valence-electron chi connectivity index (χ2n) is 5.90. The van der Waals surface area contributed by atoms with E-state index in [1.807, 2.05) is 20.8 Å². The molecule has 0 aromatic heterocycles. The molecule has 0 unspecified atom stereocenters. The van der Waals surface area contributed by atoms with Crippen LogP contribution < -0.4 is 11.1 Å². The van der Waals surface area contributed by atoms with E-state index in [1.54, 1.807) is 0 Å². The molecule has 1 aliphatic rings. The number of nitrogens with one attached hydrogen (secondary N) is 1. The number of hydrogen-bond donors (Lipinski definition) is 3. The van der Waals surface area contributed by atoms with Gasteiger partial charge in [0.1, 0.15) is 5.60 Å². The summed E-state index contributed by atoms with van der Waals surface area (Å²) < 4.78 is 5.20. The van der Waals surface area contributed by atoms with Crippen LogP contribution in [-0.2, 0) is 4.74 Å². The van der Waals surface area contributed by atoms with Gasteiger partial charge >= 0.3 is 6.09 Å². The predicted octanol–water partition coefficient (Wildman–Crippen LogP) is 1.14. The van der Waals surface area contributed by atoms with Crippen molar-refractivity contribution in [3.8, 4) is 0 Å². The van der Waals surface area contributed by atoms with Gasteiger partial charge in [-0.2, -0.15) is 0 Å². The Morgan fingerprint density at radius 1 is 1.47 bits per heavy atom. The smallest absolute Gasteiger partial charge is 0.408 e. The fourth-order valence-electron chi connectivity index (χ4n) is 2.04. The number of nitrogens with two attached hydrogens (primary N) is 1. The topological polar surface area (TPSA) is 84.6 Å². The minimum absolute atomic E-state index is 0.0705. The van der Waals surface area contributed by atoms with Gasteiger partial charge in [0.25, 0.3) is 0 Å². The molecule has 100 valence electrons. The molecule has 0 aromatic rings. The highest BCUT2D eigenvalue weighted by atomic mass is 16.6. The number of alkyl carbamates (subject to hydrolysis) is 1. The summed E-state index contributed by atoms with van der Waals surface area (Å²) in [7, 11) is 0. The molecular formula is C12H24N2O3. The number of ether oxygens (including phenoxy) is 1. The van der Waals surface area contributed by atoms with Crippen molar-refractivity contribution in [3.63, 3.8) is 0 Å². The van der Waals surface area contributed by atoms with Crippen LogP contribution >= 0.6 is 0 Å². The number of carbonyl (C=O) groups excluding carboxylic acids is 1. The van der Waals surface area contributed by atoms with Gasteiger partial charge in [0.15, 0.2) is 0 Å². The Hall–Kier alpha value is -0.810. The summed E-state index contributed by atoms with van der Waals surface area (Å²) >= 11 is 0. The average Bonchev–Trinajstić information content (AvgIpc) is 2.19. The van der Waals surface area contributed by atoms with Gasteiger partial charge in [-0.25, -0.2) is 4.79 Å². The van der Waals surface area contributed by atoms with Crippen LogP contribution in [0.2, 0.25) is 0 Å². The lowest BCUT2D eigenvalue weighted by molar-refractivity contribution is 0.0335. The molecule has 17 heavy (non-hydrogen) atoms. The average molecular weight is 244 g/mol. The number of aliphatic hydroxyl groups is 1. The minimum Gasteiger partial charge on any atom is -0.444 e. The van der Waals surface area contributed by atoms with Gasteiger partial charge in [-0.15, -0.1) is 0 Å². The van der Waals surface area contributed by atoms with Crippen LogP contribution in [0.5, 0.6) is 0 Å². The second kappa shape index (κ2) is 5.23. The third-order valence-electron chi connectivity index (χ3n) is 3.06. The fraction of sp³-hybridized carbons (Fsp3) is 0.917. The maximum absolute atomic E-state index is 11.7. The molecular weight excluding hydrogens is 220 g/mol. The molecule has 1 amide bonds. The minimum atomic E-state index is -0.557. The van der Waals surface area contributed by atoms with Gasteiger partial charge in [0.05, 0.1) is 12.1 Å². The van der Waals surface area contributed by atoms with Crippen LogP contribution in [0.25, 0.3) is 0 Å². The quantitative estimate of drug-likeness (QED) is 0.680. The molecule has 0 bridgehead atoms. The Morgan fingerprint density at radius 3 is 2.41 bits per heavy atom. The number of aliphatic hydroxyl groups excluding tert-OH is 1. The molecule has 1 aliphatic carbocycles. The van der Waals surface area contributed by atoms with Crippen molar-refractivity contribution >= 4 is 6.09 Å². The Balaban J connectivity index is 2.54. The highest BCUT2D eigenvalue weighted by molar-refractivity contribution is 5.68. The molecule has 1 saturated carbocycles. The molecule has 0 saturated heterocycles. The Labute approximate surface area is 103 Å². The molecule has 0 heterocycles. The van der Waals surface area contributed by atoms with E-state index >= 15 is 0 Å². The zero-order valence-electron chi connectivity index (χ0n) is 11.0. The van der Waals surface area contributed by atoms with Gasteiger partial charge in [0.2, 0.25) is 0 Å². The first kappa shape index (κ1) is 14.3. The molecule has 0 aromatic carbocycles. The Kier molecular flexibility index (Phi) is 4.38. The highest BCUT2D eigenvalue weighted by Crippen LogP contribution is 2.27. The van der Waals surface area contributed by atoms with E-state index in [-0.39, 0.29) is 12.6 Å². The molecule has 0 spiro atoms. The van der Waals surface area contributed by atoms with E-state index in [2.05, 4.69) is 5.32 Å². The molecule has 4 N–H and O–H groups in total. The molecule has 0 aliphatic heterocycles. The molecule has 1 fully saturated rings. The first-order valence-corrected chi connectivity index (χ1v) is 6.14. The second-order valence-corrected chi connectivity index (χ2v) is 5.90. The molecule has 1 rings (SSSR count). The summed E-state index contributed by atoms with van der Waals surface area (Å²) in [6.45, 7) is 5.37. The SMILES string of the molecule is CC(C)(C)OC(=O)N[C@]1(CO)CC[C@@H](N)CC1. The van der Waals surface area contributed by atoms with Crippen LogP contribution in [-0.4, -0.2) is 35.0 Å². The van der Waals surface area contributed by atoms with E-state index in [4.69, 9.17) is 10.5 Å². The van der Waals surface area contributed by atoms with Crippen molar-refractivity contribution in [1.82, 2.24) is 5.32 Å².